The normalized spacial score (nSPS) is 25.2. The number of piperidine rings is 1. The number of pyridine rings is 1. The van der Waals surface area contributed by atoms with Crippen molar-refractivity contribution < 1.29 is 19.1 Å². The summed E-state index contributed by atoms with van der Waals surface area (Å²) in [6.45, 7) is 1.89. The maximum Gasteiger partial charge on any atom is 0.325 e. The van der Waals surface area contributed by atoms with E-state index in [1.165, 1.54) is 4.90 Å². The van der Waals surface area contributed by atoms with Gasteiger partial charge in [0, 0.05) is 36.8 Å². The Kier molecular flexibility index (Phi) is 6.75. The van der Waals surface area contributed by atoms with Crippen LogP contribution in [0, 0.1) is 5.92 Å². The van der Waals surface area contributed by atoms with Crippen LogP contribution in [0.25, 0.3) is 0 Å². The number of ether oxygens (including phenoxy) is 1. The molecule has 0 bridgehead atoms. The largest absolute Gasteiger partial charge is 0.376 e. The maximum atomic E-state index is 13.9. The van der Waals surface area contributed by atoms with Crippen molar-refractivity contribution in [2.45, 2.75) is 43.7 Å². The van der Waals surface area contributed by atoms with E-state index in [9.17, 15) is 14.4 Å². The Morgan fingerprint density at radius 3 is 2.57 bits per heavy atom. The van der Waals surface area contributed by atoms with Crippen LogP contribution in [0.1, 0.15) is 36.9 Å². The SMILES string of the molecule is O=C(Cc1ccccc1Cl)N1CCC(C2(c3ccccn3)NC(=O)N(CC3CCCO3)C2=O)CC1. The molecule has 0 saturated carbocycles. The van der Waals surface area contributed by atoms with Gasteiger partial charge in [-0.15, -0.1) is 0 Å². The summed E-state index contributed by atoms with van der Waals surface area (Å²) in [5.41, 5.74) is 0.0951. The number of benzene rings is 1. The summed E-state index contributed by atoms with van der Waals surface area (Å²) in [6.07, 6.45) is 4.66. The van der Waals surface area contributed by atoms with Crippen LogP contribution in [0.2, 0.25) is 5.02 Å². The number of nitrogens with one attached hydrogen (secondary N) is 1. The molecule has 9 heteroatoms. The third-order valence-corrected chi connectivity index (χ3v) is 7.74. The number of hydrogen-bond acceptors (Lipinski definition) is 5. The zero-order chi connectivity index (χ0) is 24.4. The molecule has 3 aliphatic heterocycles. The molecule has 8 nitrogen and oxygen atoms in total. The molecule has 1 aromatic carbocycles. The van der Waals surface area contributed by atoms with Gasteiger partial charge < -0.3 is 15.0 Å². The minimum absolute atomic E-state index is 0.00484. The molecule has 3 saturated heterocycles. The van der Waals surface area contributed by atoms with Gasteiger partial charge in [-0.1, -0.05) is 35.9 Å². The summed E-state index contributed by atoms with van der Waals surface area (Å²) >= 11 is 6.24. The van der Waals surface area contributed by atoms with Crippen molar-refractivity contribution in [2.24, 2.45) is 5.92 Å². The Bertz CT molecular complexity index is 1100. The van der Waals surface area contributed by atoms with Crippen LogP contribution in [-0.4, -0.2) is 65.0 Å². The molecule has 184 valence electrons. The van der Waals surface area contributed by atoms with E-state index in [1.54, 1.807) is 24.4 Å². The fourth-order valence-corrected chi connectivity index (χ4v) is 5.69. The first-order valence-corrected chi connectivity index (χ1v) is 12.5. The van der Waals surface area contributed by atoms with Crippen molar-refractivity contribution in [3.05, 3.63) is 64.9 Å². The predicted octanol–water partition coefficient (Wildman–Crippen LogP) is 3.14. The number of urea groups is 1. The third-order valence-electron chi connectivity index (χ3n) is 7.37. The van der Waals surface area contributed by atoms with E-state index in [1.807, 2.05) is 29.2 Å². The van der Waals surface area contributed by atoms with Crippen LogP contribution < -0.4 is 5.32 Å². The van der Waals surface area contributed by atoms with Crippen LogP contribution in [0.3, 0.4) is 0 Å². The molecule has 4 amide bonds. The molecule has 0 spiro atoms. The van der Waals surface area contributed by atoms with E-state index in [0.29, 0.717) is 43.3 Å². The van der Waals surface area contributed by atoms with Gasteiger partial charge in [0.15, 0.2) is 5.54 Å². The van der Waals surface area contributed by atoms with E-state index in [4.69, 9.17) is 16.3 Å². The highest BCUT2D eigenvalue weighted by atomic mass is 35.5. The lowest BCUT2D eigenvalue weighted by Gasteiger charge is -2.40. The molecule has 2 aromatic rings. The zero-order valence-electron chi connectivity index (χ0n) is 19.5. The first-order chi connectivity index (χ1) is 17.0. The Balaban J connectivity index is 1.34. The molecule has 4 heterocycles. The Morgan fingerprint density at radius 1 is 1.11 bits per heavy atom. The molecule has 1 aromatic heterocycles. The van der Waals surface area contributed by atoms with E-state index in [2.05, 4.69) is 10.3 Å². The predicted molar refractivity (Wildman–Crippen MR) is 130 cm³/mol. The van der Waals surface area contributed by atoms with Crippen LogP contribution in [-0.2, 0) is 26.3 Å². The first kappa shape index (κ1) is 23.8. The summed E-state index contributed by atoms with van der Waals surface area (Å²) in [7, 11) is 0. The molecule has 35 heavy (non-hydrogen) atoms. The molecule has 2 atom stereocenters. The fourth-order valence-electron chi connectivity index (χ4n) is 5.49. The lowest BCUT2D eigenvalue weighted by molar-refractivity contribution is -0.137. The number of nitrogens with zero attached hydrogens (tertiary/aromatic N) is 3. The number of aromatic nitrogens is 1. The number of likely N-dealkylation sites (tertiary alicyclic amines) is 1. The standard InChI is InChI=1S/C26H29ClN4O4/c27-21-8-2-1-6-18(21)16-23(32)30-13-10-19(11-14-30)26(22-9-3-4-12-28-22)24(33)31(25(34)29-26)17-20-7-5-15-35-20/h1-4,6,8-9,12,19-20H,5,7,10-11,13-17H2,(H,29,34). The number of imide groups is 1. The number of halogens is 1. The highest BCUT2D eigenvalue weighted by Crippen LogP contribution is 2.41. The molecule has 2 unspecified atom stereocenters. The minimum atomic E-state index is -1.24. The van der Waals surface area contributed by atoms with Crippen LogP contribution in [0.5, 0.6) is 0 Å². The number of carbonyl (C=O) groups is 3. The van der Waals surface area contributed by atoms with Gasteiger partial charge in [0.25, 0.3) is 5.91 Å². The van der Waals surface area contributed by atoms with Crippen molar-refractivity contribution >= 4 is 29.4 Å². The zero-order valence-corrected chi connectivity index (χ0v) is 20.2. The first-order valence-electron chi connectivity index (χ1n) is 12.2. The smallest absolute Gasteiger partial charge is 0.325 e. The van der Waals surface area contributed by atoms with Gasteiger partial charge >= 0.3 is 6.03 Å². The maximum absolute atomic E-state index is 13.9. The highest BCUT2D eigenvalue weighted by Gasteiger charge is 2.58. The average molecular weight is 497 g/mol. The van der Waals surface area contributed by atoms with Gasteiger partial charge in [-0.2, -0.15) is 0 Å². The van der Waals surface area contributed by atoms with E-state index in [0.717, 1.165) is 18.4 Å². The lowest BCUT2D eigenvalue weighted by atomic mass is 9.75. The molecule has 3 aliphatic rings. The van der Waals surface area contributed by atoms with Crippen molar-refractivity contribution in [1.29, 1.82) is 0 Å². The molecule has 0 radical (unpaired) electrons. The second-order valence-corrected chi connectivity index (χ2v) is 9.83. The topological polar surface area (TPSA) is 91.8 Å². The summed E-state index contributed by atoms with van der Waals surface area (Å²) in [6, 6.07) is 12.4. The average Bonchev–Trinajstić information content (AvgIpc) is 3.49. The molecule has 0 aliphatic carbocycles. The lowest BCUT2D eigenvalue weighted by Crippen LogP contribution is -2.55. The molecular formula is C26H29ClN4O4. The van der Waals surface area contributed by atoms with Gasteiger partial charge in [-0.05, 0) is 49.4 Å². The monoisotopic (exact) mass is 496 g/mol. The molecule has 5 rings (SSSR count). The molecule has 1 N–H and O–H groups in total. The van der Waals surface area contributed by atoms with E-state index >= 15 is 0 Å². The Morgan fingerprint density at radius 2 is 1.89 bits per heavy atom. The van der Waals surface area contributed by atoms with Gasteiger partial charge in [0.05, 0.1) is 24.8 Å². The minimum Gasteiger partial charge on any atom is -0.376 e. The summed E-state index contributed by atoms with van der Waals surface area (Å²) < 4.78 is 5.69. The van der Waals surface area contributed by atoms with Crippen molar-refractivity contribution in [2.75, 3.05) is 26.2 Å². The van der Waals surface area contributed by atoms with Crippen LogP contribution in [0.4, 0.5) is 4.79 Å². The summed E-state index contributed by atoms with van der Waals surface area (Å²) in [5.74, 6) is -0.463. The highest BCUT2D eigenvalue weighted by molar-refractivity contribution is 6.31. The van der Waals surface area contributed by atoms with Crippen molar-refractivity contribution in [3.63, 3.8) is 0 Å². The number of rotatable bonds is 6. The quantitative estimate of drug-likeness (QED) is 0.620. The summed E-state index contributed by atoms with van der Waals surface area (Å²) in [4.78, 5) is 47.5. The number of hydrogen-bond donors (Lipinski definition) is 1. The van der Waals surface area contributed by atoms with E-state index in [-0.39, 0.29) is 36.8 Å². The Labute approximate surface area is 209 Å². The van der Waals surface area contributed by atoms with Gasteiger partial charge in [-0.25, -0.2) is 4.79 Å². The van der Waals surface area contributed by atoms with Gasteiger partial charge in [-0.3, -0.25) is 19.5 Å². The summed E-state index contributed by atoms with van der Waals surface area (Å²) in [5, 5.41) is 3.60. The van der Waals surface area contributed by atoms with Crippen LogP contribution >= 0.6 is 11.6 Å². The van der Waals surface area contributed by atoms with E-state index < -0.39 is 11.6 Å². The third kappa shape index (κ3) is 4.52. The fraction of sp³-hybridized carbons (Fsp3) is 0.462. The van der Waals surface area contributed by atoms with Crippen molar-refractivity contribution in [3.8, 4) is 0 Å². The second-order valence-electron chi connectivity index (χ2n) is 9.43. The van der Waals surface area contributed by atoms with Crippen molar-refractivity contribution in [1.82, 2.24) is 20.1 Å². The van der Waals surface area contributed by atoms with Crippen LogP contribution in [0.15, 0.2) is 48.7 Å². The molecular weight excluding hydrogens is 468 g/mol. The second kappa shape index (κ2) is 9.95. The number of amides is 4. The Hall–Kier alpha value is -2.97. The van der Waals surface area contributed by atoms with Gasteiger partial charge in [0.1, 0.15) is 0 Å². The molecule has 3 fully saturated rings. The number of carbonyl (C=O) groups excluding carboxylic acids is 3. The van der Waals surface area contributed by atoms with Gasteiger partial charge in [0.2, 0.25) is 5.91 Å².